The monoisotopic (exact) mass is 463 g/mol. The molecule has 1 atom stereocenters. The molecule has 0 radical (unpaired) electrons. The van der Waals surface area contributed by atoms with Crippen molar-refractivity contribution in [2.24, 2.45) is 0 Å². The van der Waals surface area contributed by atoms with Crippen molar-refractivity contribution in [2.45, 2.75) is 43.5 Å². The van der Waals surface area contributed by atoms with Crippen molar-refractivity contribution in [3.05, 3.63) is 94.6 Å². The minimum atomic E-state index is -4.37. The van der Waals surface area contributed by atoms with E-state index >= 15 is 0 Å². The normalized spacial score (nSPS) is 16.2. The Morgan fingerprint density at radius 2 is 1.62 bits per heavy atom. The molecule has 1 unspecified atom stereocenters. The topological polar surface area (TPSA) is 37.4 Å². The van der Waals surface area contributed by atoms with Crippen molar-refractivity contribution in [1.82, 2.24) is 0 Å². The van der Waals surface area contributed by atoms with Gasteiger partial charge < -0.3 is 0 Å². The predicted octanol–water partition coefficient (Wildman–Crippen LogP) is 5.69. The van der Waals surface area contributed by atoms with Gasteiger partial charge in [0.1, 0.15) is 28.2 Å². The van der Waals surface area contributed by atoms with Gasteiger partial charge in [-0.15, -0.1) is 0 Å². The van der Waals surface area contributed by atoms with Crippen molar-refractivity contribution >= 4 is 15.7 Å². The number of hydrogen-bond donors (Lipinski definition) is 0. The number of halogens is 4. The SMILES string of the molecule is Cc1ccc(S(=O)(=O)N2c3cc(F)ccc3CCC2CCc2ccc(F)cc2F)c(F)c1. The van der Waals surface area contributed by atoms with E-state index in [9.17, 15) is 26.0 Å². The lowest BCUT2D eigenvalue weighted by Crippen LogP contribution is -2.44. The second-order valence-electron chi connectivity index (χ2n) is 7.97. The number of benzene rings is 3. The van der Waals surface area contributed by atoms with Crippen LogP contribution in [0, 0.1) is 30.2 Å². The highest BCUT2D eigenvalue weighted by Crippen LogP contribution is 2.38. The molecule has 0 fully saturated rings. The Kier molecular flexibility index (Phi) is 5.99. The van der Waals surface area contributed by atoms with Gasteiger partial charge in [0.25, 0.3) is 10.0 Å². The fraction of sp³-hybridized carbons (Fsp3) is 0.250. The highest BCUT2D eigenvalue weighted by Gasteiger charge is 2.37. The fourth-order valence-corrected chi connectivity index (χ4v) is 5.93. The molecule has 1 aliphatic heterocycles. The zero-order chi connectivity index (χ0) is 23.0. The van der Waals surface area contributed by atoms with Crippen molar-refractivity contribution in [3.63, 3.8) is 0 Å². The molecule has 0 amide bonds. The zero-order valence-corrected chi connectivity index (χ0v) is 18.1. The number of rotatable bonds is 5. The van der Waals surface area contributed by atoms with Crippen LogP contribution < -0.4 is 4.31 Å². The Morgan fingerprint density at radius 1 is 0.906 bits per heavy atom. The number of hydrogen-bond acceptors (Lipinski definition) is 2. The molecule has 3 nitrogen and oxygen atoms in total. The molecule has 1 aliphatic rings. The Labute approximate surface area is 184 Å². The summed E-state index contributed by atoms with van der Waals surface area (Å²) in [6.07, 6.45) is 1.23. The van der Waals surface area contributed by atoms with Crippen molar-refractivity contribution < 1.29 is 26.0 Å². The van der Waals surface area contributed by atoms with Gasteiger partial charge in [0, 0.05) is 12.1 Å². The first kappa shape index (κ1) is 22.3. The number of aryl methyl sites for hydroxylation is 3. The van der Waals surface area contributed by atoms with E-state index in [0.717, 1.165) is 28.6 Å². The Morgan fingerprint density at radius 3 is 2.34 bits per heavy atom. The number of nitrogens with zero attached hydrogens (tertiary/aromatic N) is 1. The maximum Gasteiger partial charge on any atom is 0.267 e. The Hall–Kier alpha value is -2.87. The first-order valence-electron chi connectivity index (χ1n) is 10.2. The summed E-state index contributed by atoms with van der Waals surface area (Å²) >= 11 is 0. The van der Waals surface area contributed by atoms with E-state index in [-0.39, 0.29) is 24.1 Å². The van der Waals surface area contributed by atoms with E-state index in [1.54, 1.807) is 6.92 Å². The predicted molar refractivity (Wildman–Crippen MR) is 114 cm³/mol. The smallest absolute Gasteiger partial charge is 0.263 e. The molecule has 0 saturated carbocycles. The molecule has 168 valence electrons. The van der Waals surface area contributed by atoms with Crippen molar-refractivity contribution in [3.8, 4) is 0 Å². The van der Waals surface area contributed by atoms with Gasteiger partial charge in [0.05, 0.1) is 5.69 Å². The molecule has 3 aromatic carbocycles. The molecule has 3 aromatic rings. The number of anilines is 1. The summed E-state index contributed by atoms with van der Waals surface area (Å²) in [4.78, 5) is -0.502. The third kappa shape index (κ3) is 4.24. The van der Waals surface area contributed by atoms with Gasteiger partial charge in [-0.3, -0.25) is 4.31 Å². The summed E-state index contributed by atoms with van der Waals surface area (Å²) in [5, 5.41) is 0. The van der Waals surface area contributed by atoms with Gasteiger partial charge in [0.15, 0.2) is 0 Å². The minimum absolute atomic E-state index is 0.143. The molecule has 32 heavy (non-hydrogen) atoms. The largest absolute Gasteiger partial charge is 0.267 e. The van der Waals surface area contributed by atoms with Crippen LogP contribution in [0.3, 0.4) is 0 Å². The minimum Gasteiger partial charge on any atom is -0.263 e. The van der Waals surface area contributed by atoms with E-state index < -0.39 is 44.2 Å². The maximum atomic E-state index is 14.7. The van der Waals surface area contributed by atoms with E-state index in [1.807, 2.05) is 0 Å². The molecule has 4 rings (SSSR count). The summed E-state index contributed by atoms with van der Waals surface area (Å²) < 4.78 is 84.3. The lowest BCUT2D eigenvalue weighted by molar-refractivity contribution is 0.508. The molecular formula is C24H21F4NO2S. The first-order valence-corrected chi connectivity index (χ1v) is 11.6. The summed E-state index contributed by atoms with van der Waals surface area (Å²) in [5.41, 5.74) is 1.60. The van der Waals surface area contributed by atoms with Crippen molar-refractivity contribution in [1.29, 1.82) is 0 Å². The number of sulfonamides is 1. The van der Waals surface area contributed by atoms with Crippen LogP contribution in [0.25, 0.3) is 0 Å². The lowest BCUT2D eigenvalue weighted by atomic mass is 9.94. The highest BCUT2D eigenvalue weighted by molar-refractivity contribution is 7.92. The zero-order valence-electron chi connectivity index (χ0n) is 17.3. The second kappa shape index (κ2) is 8.58. The van der Waals surface area contributed by atoms with Gasteiger partial charge >= 0.3 is 0 Å². The van der Waals surface area contributed by atoms with Crippen LogP contribution >= 0.6 is 0 Å². The average molecular weight is 463 g/mol. The summed E-state index contributed by atoms with van der Waals surface area (Å²) in [5.74, 6) is -2.92. The maximum absolute atomic E-state index is 14.7. The van der Waals surface area contributed by atoms with Gasteiger partial charge in [-0.05, 0) is 79.6 Å². The lowest BCUT2D eigenvalue weighted by Gasteiger charge is -2.38. The molecule has 0 aromatic heterocycles. The third-order valence-electron chi connectivity index (χ3n) is 5.75. The molecular weight excluding hydrogens is 442 g/mol. The molecule has 1 heterocycles. The highest BCUT2D eigenvalue weighted by atomic mass is 32.2. The van der Waals surface area contributed by atoms with Crippen LogP contribution in [0.5, 0.6) is 0 Å². The van der Waals surface area contributed by atoms with E-state index in [0.29, 0.717) is 24.0 Å². The van der Waals surface area contributed by atoms with Crippen LogP contribution in [-0.4, -0.2) is 14.5 Å². The third-order valence-corrected chi connectivity index (χ3v) is 7.65. The van der Waals surface area contributed by atoms with Crippen LogP contribution in [0.1, 0.15) is 29.5 Å². The van der Waals surface area contributed by atoms with Crippen LogP contribution in [-0.2, 0) is 22.9 Å². The van der Waals surface area contributed by atoms with E-state index in [1.165, 1.54) is 30.3 Å². The van der Waals surface area contributed by atoms with Gasteiger partial charge in [-0.1, -0.05) is 18.2 Å². The van der Waals surface area contributed by atoms with Crippen molar-refractivity contribution in [2.75, 3.05) is 4.31 Å². The summed E-state index contributed by atoms with van der Waals surface area (Å²) in [7, 11) is -4.37. The molecule has 0 bridgehead atoms. The molecule has 0 aliphatic carbocycles. The first-order chi connectivity index (χ1) is 15.2. The van der Waals surface area contributed by atoms with Gasteiger partial charge in [-0.25, -0.2) is 26.0 Å². The Bertz CT molecular complexity index is 1280. The van der Waals surface area contributed by atoms with Gasteiger partial charge in [-0.2, -0.15) is 0 Å². The molecule has 0 N–H and O–H groups in total. The fourth-order valence-electron chi connectivity index (χ4n) is 4.14. The molecule has 8 heteroatoms. The number of fused-ring (bicyclic) bond motifs is 1. The van der Waals surface area contributed by atoms with Gasteiger partial charge in [0.2, 0.25) is 0 Å². The summed E-state index contributed by atoms with van der Waals surface area (Å²) in [6.45, 7) is 1.64. The van der Waals surface area contributed by atoms with E-state index in [2.05, 4.69) is 0 Å². The van der Waals surface area contributed by atoms with E-state index in [4.69, 9.17) is 0 Å². The quantitative estimate of drug-likeness (QED) is 0.456. The van der Waals surface area contributed by atoms with Crippen LogP contribution in [0.15, 0.2) is 59.5 Å². The van der Waals surface area contributed by atoms with Crippen LogP contribution in [0.4, 0.5) is 23.2 Å². The van der Waals surface area contributed by atoms with Crippen LogP contribution in [0.2, 0.25) is 0 Å². The second-order valence-corrected chi connectivity index (χ2v) is 9.76. The summed E-state index contributed by atoms with van der Waals surface area (Å²) in [6, 6.07) is 10.3. The standard InChI is InChI=1S/C24H21F4NO2S/c1-15-2-11-24(22(28)12-15)32(30,31)29-20(9-5-16-3-7-18(25)13-21(16)27)10-6-17-4-8-19(26)14-23(17)29/h2-4,7-8,11-14,20H,5-6,9-10H2,1H3. The molecule has 0 spiro atoms. The molecule has 0 saturated heterocycles. The Balaban J connectivity index is 1.75. The average Bonchev–Trinajstić information content (AvgIpc) is 2.72.